The predicted octanol–water partition coefficient (Wildman–Crippen LogP) is 2.76. The van der Waals surface area contributed by atoms with Gasteiger partial charge in [-0.1, -0.05) is 24.3 Å². The summed E-state index contributed by atoms with van der Waals surface area (Å²) in [6, 6.07) is 13.1. The third kappa shape index (κ3) is 4.23. The first kappa shape index (κ1) is 15.9. The number of hydrogen-bond donors (Lipinski definition) is 3. The van der Waals surface area contributed by atoms with Crippen LogP contribution in [0.3, 0.4) is 0 Å². The smallest absolute Gasteiger partial charge is 0.221 e. The average molecular weight is 300 g/mol. The molecular weight excluding hydrogens is 280 g/mol. The van der Waals surface area contributed by atoms with Crippen molar-refractivity contribution in [1.82, 2.24) is 0 Å². The molecule has 0 saturated carbocycles. The summed E-state index contributed by atoms with van der Waals surface area (Å²) in [4.78, 5) is 11.1. The first-order chi connectivity index (χ1) is 10.6. The van der Waals surface area contributed by atoms with Crippen molar-refractivity contribution in [2.75, 3.05) is 17.7 Å². The maximum absolute atomic E-state index is 11.1. The highest BCUT2D eigenvalue weighted by molar-refractivity contribution is 5.89. The molecule has 1 amide bonds. The zero-order valence-electron chi connectivity index (χ0n) is 12.7. The van der Waals surface area contributed by atoms with Crippen LogP contribution in [0, 0.1) is 0 Å². The summed E-state index contributed by atoms with van der Waals surface area (Å²) >= 11 is 0. The van der Waals surface area contributed by atoms with Crippen LogP contribution in [0.2, 0.25) is 0 Å². The first-order valence-corrected chi connectivity index (χ1v) is 7.00. The van der Waals surface area contributed by atoms with Crippen molar-refractivity contribution >= 4 is 17.3 Å². The first-order valence-electron chi connectivity index (χ1n) is 7.00. The molecule has 0 aliphatic rings. The number of carbonyl (C=O) groups excluding carboxylic acids is 1. The SMILES string of the molecule is COc1ccc(NC(C)=O)cc1NCc1ccc(CO)cc1. The van der Waals surface area contributed by atoms with Crippen molar-refractivity contribution in [3.05, 3.63) is 53.6 Å². The molecule has 3 N–H and O–H groups in total. The summed E-state index contributed by atoms with van der Waals surface area (Å²) in [5, 5.41) is 15.1. The number of amides is 1. The highest BCUT2D eigenvalue weighted by atomic mass is 16.5. The lowest BCUT2D eigenvalue weighted by Crippen LogP contribution is -2.07. The number of anilines is 2. The van der Waals surface area contributed by atoms with Gasteiger partial charge in [0, 0.05) is 19.2 Å². The van der Waals surface area contributed by atoms with Crippen LogP contribution >= 0.6 is 0 Å². The van der Waals surface area contributed by atoms with Crippen LogP contribution in [0.5, 0.6) is 5.75 Å². The molecule has 22 heavy (non-hydrogen) atoms. The molecule has 2 aromatic carbocycles. The van der Waals surface area contributed by atoms with E-state index in [1.165, 1.54) is 6.92 Å². The largest absolute Gasteiger partial charge is 0.495 e. The molecule has 0 heterocycles. The van der Waals surface area contributed by atoms with E-state index in [2.05, 4.69) is 10.6 Å². The van der Waals surface area contributed by atoms with E-state index in [-0.39, 0.29) is 12.5 Å². The Kier molecular flexibility index (Phi) is 5.38. The van der Waals surface area contributed by atoms with Crippen LogP contribution in [-0.4, -0.2) is 18.1 Å². The fraction of sp³-hybridized carbons (Fsp3) is 0.235. The Morgan fingerprint density at radius 1 is 1.14 bits per heavy atom. The molecule has 0 saturated heterocycles. The summed E-state index contributed by atoms with van der Waals surface area (Å²) in [6.45, 7) is 2.13. The third-order valence-electron chi connectivity index (χ3n) is 3.21. The van der Waals surface area contributed by atoms with Gasteiger partial charge in [0.25, 0.3) is 0 Å². The highest BCUT2D eigenvalue weighted by Crippen LogP contribution is 2.28. The van der Waals surface area contributed by atoms with E-state index >= 15 is 0 Å². The monoisotopic (exact) mass is 300 g/mol. The van der Waals surface area contributed by atoms with E-state index in [1.54, 1.807) is 13.2 Å². The molecule has 5 heteroatoms. The van der Waals surface area contributed by atoms with Gasteiger partial charge in [-0.05, 0) is 29.3 Å². The zero-order chi connectivity index (χ0) is 15.9. The van der Waals surface area contributed by atoms with Crippen LogP contribution in [-0.2, 0) is 17.9 Å². The van der Waals surface area contributed by atoms with Gasteiger partial charge in [0.1, 0.15) is 5.75 Å². The van der Waals surface area contributed by atoms with Crippen molar-refractivity contribution < 1.29 is 14.6 Å². The summed E-state index contributed by atoms with van der Waals surface area (Å²) in [7, 11) is 1.61. The Hall–Kier alpha value is -2.53. The number of ether oxygens (including phenoxy) is 1. The minimum absolute atomic E-state index is 0.0420. The highest BCUT2D eigenvalue weighted by Gasteiger charge is 2.05. The number of carbonyl (C=O) groups is 1. The van der Waals surface area contributed by atoms with E-state index in [0.29, 0.717) is 18.0 Å². The lowest BCUT2D eigenvalue weighted by Gasteiger charge is -2.13. The Morgan fingerprint density at radius 2 is 1.82 bits per heavy atom. The number of nitrogens with one attached hydrogen (secondary N) is 2. The fourth-order valence-electron chi connectivity index (χ4n) is 2.09. The van der Waals surface area contributed by atoms with Gasteiger partial charge in [0.2, 0.25) is 5.91 Å². The molecular formula is C17H20N2O3. The number of rotatable bonds is 6. The topological polar surface area (TPSA) is 70.6 Å². The van der Waals surface area contributed by atoms with E-state index in [4.69, 9.17) is 9.84 Å². The summed E-state index contributed by atoms with van der Waals surface area (Å²) in [6.07, 6.45) is 0. The molecule has 0 atom stereocenters. The number of hydrogen-bond acceptors (Lipinski definition) is 4. The van der Waals surface area contributed by atoms with Gasteiger partial charge in [-0.25, -0.2) is 0 Å². The summed E-state index contributed by atoms with van der Waals surface area (Å²) < 4.78 is 5.32. The number of aliphatic hydroxyl groups is 1. The van der Waals surface area contributed by atoms with Gasteiger partial charge in [-0.2, -0.15) is 0 Å². The van der Waals surface area contributed by atoms with Gasteiger partial charge in [-0.3, -0.25) is 4.79 Å². The van der Waals surface area contributed by atoms with Crippen molar-refractivity contribution in [2.45, 2.75) is 20.1 Å². The molecule has 0 bridgehead atoms. The molecule has 0 unspecified atom stereocenters. The van der Waals surface area contributed by atoms with E-state index in [9.17, 15) is 4.79 Å². The second kappa shape index (κ2) is 7.47. The second-order valence-corrected chi connectivity index (χ2v) is 4.92. The normalized spacial score (nSPS) is 10.1. The third-order valence-corrected chi connectivity index (χ3v) is 3.21. The van der Waals surface area contributed by atoms with Crippen LogP contribution in [0.1, 0.15) is 18.1 Å². The molecule has 116 valence electrons. The summed E-state index contributed by atoms with van der Waals surface area (Å²) in [5.74, 6) is 0.594. The quantitative estimate of drug-likeness (QED) is 0.767. The van der Waals surface area contributed by atoms with Gasteiger partial charge < -0.3 is 20.5 Å². The van der Waals surface area contributed by atoms with E-state index in [1.807, 2.05) is 36.4 Å². The molecule has 0 radical (unpaired) electrons. The molecule has 0 fully saturated rings. The van der Waals surface area contributed by atoms with Gasteiger partial charge in [0.15, 0.2) is 0 Å². The summed E-state index contributed by atoms with van der Waals surface area (Å²) in [5.41, 5.74) is 3.49. The van der Waals surface area contributed by atoms with Gasteiger partial charge >= 0.3 is 0 Å². The standard InChI is InChI=1S/C17H20N2O3/c1-12(21)19-15-7-8-17(22-2)16(9-15)18-10-13-3-5-14(11-20)6-4-13/h3-9,18,20H,10-11H2,1-2H3,(H,19,21). The van der Waals surface area contributed by atoms with Crippen LogP contribution in [0.15, 0.2) is 42.5 Å². The maximum Gasteiger partial charge on any atom is 0.221 e. The molecule has 0 aromatic heterocycles. The zero-order valence-corrected chi connectivity index (χ0v) is 12.7. The molecule has 0 aliphatic heterocycles. The van der Waals surface area contributed by atoms with Gasteiger partial charge in [0.05, 0.1) is 19.4 Å². The van der Waals surface area contributed by atoms with E-state index in [0.717, 1.165) is 16.8 Å². The number of aliphatic hydroxyl groups excluding tert-OH is 1. The van der Waals surface area contributed by atoms with Gasteiger partial charge in [-0.15, -0.1) is 0 Å². The average Bonchev–Trinajstić information content (AvgIpc) is 2.53. The fourth-order valence-corrected chi connectivity index (χ4v) is 2.09. The van der Waals surface area contributed by atoms with Crippen molar-refractivity contribution in [1.29, 1.82) is 0 Å². The van der Waals surface area contributed by atoms with Crippen molar-refractivity contribution in [3.63, 3.8) is 0 Å². The van der Waals surface area contributed by atoms with Crippen LogP contribution in [0.4, 0.5) is 11.4 Å². The molecule has 5 nitrogen and oxygen atoms in total. The van der Waals surface area contributed by atoms with E-state index < -0.39 is 0 Å². The maximum atomic E-state index is 11.1. The Labute approximate surface area is 129 Å². The predicted molar refractivity (Wildman–Crippen MR) is 87.0 cm³/mol. The molecule has 2 rings (SSSR count). The van der Waals surface area contributed by atoms with Crippen LogP contribution < -0.4 is 15.4 Å². The molecule has 0 spiro atoms. The number of benzene rings is 2. The minimum Gasteiger partial charge on any atom is -0.495 e. The Balaban J connectivity index is 2.10. The Morgan fingerprint density at radius 3 is 2.41 bits per heavy atom. The Bertz CT molecular complexity index is 639. The lowest BCUT2D eigenvalue weighted by molar-refractivity contribution is -0.114. The lowest BCUT2D eigenvalue weighted by atomic mass is 10.1. The minimum atomic E-state index is -0.115. The molecule has 2 aromatic rings. The number of methoxy groups -OCH3 is 1. The van der Waals surface area contributed by atoms with Crippen molar-refractivity contribution in [2.24, 2.45) is 0 Å². The molecule has 0 aliphatic carbocycles. The second-order valence-electron chi connectivity index (χ2n) is 4.92. The van der Waals surface area contributed by atoms with Crippen molar-refractivity contribution in [3.8, 4) is 5.75 Å². The van der Waals surface area contributed by atoms with Crippen LogP contribution in [0.25, 0.3) is 0 Å².